The third kappa shape index (κ3) is 3.71. The van der Waals surface area contributed by atoms with Crippen molar-refractivity contribution in [1.29, 1.82) is 0 Å². The van der Waals surface area contributed by atoms with Crippen LogP contribution in [0.25, 0.3) is 28.3 Å². The largest absolute Gasteiger partial charge is 0.434 e. The number of alkyl halides is 3. The molecule has 0 saturated carbocycles. The van der Waals surface area contributed by atoms with E-state index in [-0.39, 0.29) is 21.3 Å². The van der Waals surface area contributed by atoms with Crippen molar-refractivity contribution in [3.05, 3.63) is 75.8 Å². The Hall–Kier alpha value is -3.37. The van der Waals surface area contributed by atoms with Gasteiger partial charge < -0.3 is 10.3 Å². The van der Waals surface area contributed by atoms with Crippen molar-refractivity contribution in [2.75, 3.05) is 0 Å². The molecule has 0 aliphatic carbocycles. The number of amides is 1. The van der Waals surface area contributed by atoms with E-state index in [2.05, 4.69) is 10.3 Å². The number of carbonyl (C=O) groups excluding carboxylic acids is 1. The van der Waals surface area contributed by atoms with Crippen molar-refractivity contribution in [3.8, 4) is 28.3 Å². The summed E-state index contributed by atoms with van der Waals surface area (Å²) in [5.41, 5.74) is 2.16. The molecule has 0 fully saturated rings. The van der Waals surface area contributed by atoms with Crippen molar-refractivity contribution in [1.82, 2.24) is 14.9 Å². The predicted molar refractivity (Wildman–Crippen MR) is 108 cm³/mol. The van der Waals surface area contributed by atoms with E-state index in [0.29, 0.717) is 4.68 Å². The lowest BCUT2D eigenvalue weighted by Gasteiger charge is -2.12. The molecule has 32 heavy (non-hydrogen) atoms. The quantitative estimate of drug-likeness (QED) is 0.373. The van der Waals surface area contributed by atoms with E-state index < -0.39 is 46.2 Å². The van der Waals surface area contributed by atoms with E-state index in [1.807, 2.05) is 0 Å². The summed E-state index contributed by atoms with van der Waals surface area (Å²) in [7, 11) is 0. The summed E-state index contributed by atoms with van der Waals surface area (Å²) in [5.74, 6) is -2.70. The number of nitrogens with zero attached hydrogens (tertiary/aromatic N) is 3. The highest BCUT2D eigenvalue weighted by atomic mass is 35.5. The SMILES string of the molecule is NC(=O)c1c(-c2c(F)cccc2Cl)noc1-c1cnn(-c2cccc(Cl)c2)c1C(F)(F)F. The minimum Gasteiger partial charge on any atom is -0.365 e. The van der Waals surface area contributed by atoms with Gasteiger partial charge >= 0.3 is 6.18 Å². The Kier molecular flexibility index (Phi) is 5.43. The number of nitrogens with two attached hydrogens (primary N) is 1. The van der Waals surface area contributed by atoms with E-state index in [0.717, 1.165) is 12.3 Å². The Morgan fingerprint density at radius 1 is 1.12 bits per heavy atom. The number of carbonyl (C=O) groups is 1. The molecule has 2 aromatic carbocycles. The van der Waals surface area contributed by atoms with Crippen LogP contribution in [0.3, 0.4) is 0 Å². The summed E-state index contributed by atoms with van der Waals surface area (Å²) >= 11 is 11.9. The van der Waals surface area contributed by atoms with Crippen LogP contribution in [-0.2, 0) is 6.18 Å². The fourth-order valence-electron chi connectivity index (χ4n) is 3.19. The molecule has 2 heterocycles. The molecule has 0 saturated heterocycles. The van der Waals surface area contributed by atoms with Gasteiger partial charge in [-0.3, -0.25) is 4.79 Å². The number of primary amides is 1. The molecule has 0 unspecified atom stereocenters. The molecule has 4 rings (SSSR count). The van der Waals surface area contributed by atoms with Crippen molar-refractivity contribution in [2.24, 2.45) is 5.73 Å². The summed E-state index contributed by atoms with van der Waals surface area (Å²) in [6, 6.07) is 9.22. The third-order valence-corrected chi connectivity index (χ3v) is 5.02. The maximum absolute atomic E-state index is 14.4. The molecule has 2 N–H and O–H groups in total. The van der Waals surface area contributed by atoms with Gasteiger partial charge in [0, 0.05) is 5.02 Å². The minimum absolute atomic E-state index is 0.00795. The minimum atomic E-state index is -4.94. The first-order chi connectivity index (χ1) is 15.1. The van der Waals surface area contributed by atoms with Crippen LogP contribution in [0.1, 0.15) is 16.1 Å². The van der Waals surface area contributed by atoms with Gasteiger partial charge in [-0.1, -0.05) is 40.5 Å². The van der Waals surface area contributed by atoms with Gasteiger partial charge in [0.05, 0.1) is 28.0 Å². The van der Waals surface area contributed by atoms with Crippen molar-refractivity contribution in [3.63, 3.8) is 0 Å². The van der Waals surface area contributed by atoms with Crippen molar-refractivity contribution < 1.29 is 26.9 Å². The van der Waals surface area contributed by atoms with Crippen LogP contribution in [0, 0.1) is 5.82 Å². The average molecular weight is 485 g/mol. The fourth-order valence-corrected chi connectivity index (χ4v) is 3.63. The zero-order valence-electron chi connectivity index (χ0n) is 15.6. The highest BCUT2D eigenvalue weighted by Gasteiger charge is 2.41. The standard InChI is InChI=1S/C20H10Cl2F4N4O2/c21-9-3-1-4-10(7-9)30-18(20(24,25)26)11(8-28-30)17-15(19(27)31)16(29-32-17)14-12(22)5-2-6-13(14)23/h1-8H,(H2,27,31). The summed E-state index contributed by atoms with van der Waals surface area (Å²) in [5, 5.41) is 7.43. The molecule has 0 bridgehead atoms. The van der Waals surface area contributed by atoms with Gasteiger partial charge in [-0.2, -0.15) is 18.3 Å². The van der Waals surface area contributed by atoms with Crippen LogP contribution in [0.2, 0.25) is 10.0 Å². The Labute approximate surface area is 187 Å². The number of hydrogen-bond acceptors (Lipinski definition) is 4. The summed E-state index contributed by atoms with van der Waals surface area (Å²) in [4.78, 5) is 12.2. The van der Waals surface area contributed by atoms with Gasteiger partial charge in [-0.15, -0.1) is 0 Å². The van der Waals surface area contributed by atoms with Crippen molar-refractivity contribution in [2.45, 2.75) is 6.18 Å². The first kappa shape index (κ1) is 21.8. The van der Waals surface area contributed by atoms with Crippen LogP contribution in [0.5, 0.6) is 0 Å². The van der Waals surface area contributed by atoms with Gasteiger partial charge in [0.15, 0.2) is 11.5 Å². The normalized spacial score (nSPS) is 11.7. The van der Waals surface area contributed by atoms with Crippen LogP contribution < -0.4 is 5.73 Å². The zero-order valence-corrected chi connectivity index (χ0v) is 17.1. The molecular weight excluding hydrogens is 475 g/mol. The number of rotatable bonds is 4. The van der Waals surface area contributed by atoms with E-state index >= 15 is 0 Å². The molecule has 0 aliphatic heterocycles. The van der Waals surface area contributed by atoms with Gasteiger partial charge in [0.25, 0.3) is 5.91 Å². The Balaban J connectivity index is 2.00. The number of aromatic nitrogens is 3. The number of hydrogen-bond donors (Lipinski definition) is 1. The molecule has 0 radical (unpaired) electrons. The van der Waals surface area contributed by atoms with Gasteiger partial charge in [-0.25, -0.2) is 9.07 Å². The van der Waals surface area contributed by atoms with E-state index in [1.165, 1.54) is 36.4 Å². The van der Waals surface area contributed by atoms with Crippen LogP contribution in [0.15, 0.2) is 53.2 Å². The number of halogens is 6. The monoisotopic (exact) mass is 484 g/mol. The summed E-state index contributed by atoms with van der Waals surface area (Å²) in [6.07, 6.45) is -4.10. The third-order valence-electron chi connectivity index (χ3n) is 4.47. The molecule has 0 atom stereocenters. The summed E-state index contributed by atoms with van der Waals surface area (Å²) < 4.78 is 62.2. The van der Waals surface area contributed by atoms with Gasteiger partial charge in [0.2, 0.25) is 0 Å². The molecule has 0 spiro atoms. The van der Waals surface area contributed by atoms with Crippen LogP contribution in [-0.4, -0.2) is 20.8 Å². The van der Waals surface area contributed by atoms with Crippen LogP contribution >= 0.6 is 23.2 Å². The van der Waals surface area contributed by atoms with E-state index in [1.54, 1.807) is 0 Å². The predicted octanol–water partition coefficient (Wildman–Crippen LogP) is 5.76. The van der Waals surface area contributed by atoms with Gasteiger partial charge in [-0.05, 0) is 30.3 Å². The summed E-state index contributed by atoms with van der Waals surface area (Å²) in [6.45, 7) is 0. The molecule has 4 aromatic rings. The first-order valence-electron chi connectivity index (χ1n) is 8.75. The highest BCUT2D eigenvalue weighted by Crippen LogP contribution is 2.42. The van der Waals surface area contributed by atoms with Crippen molar-refractivity contribution >= 4 is 29.1 Å². The average Bonchev–Trinajstić information content (AvgIpc) is 3.32. The lowest BCUT2D eigenvalue weighted by Crippen LogP contribution is -2.16. The maximum Gasteiger partial charge on any atom is 0.434 e. The molecular formula is C20H10Cl2F4N4O2. The number of benzene rings is 2. The molecule has 6 nitrogen and oxygen atoms in total. The van der Waals surface area contributed by atoms with E-state index in [4.69, 9.17) is 33.5 Å². The second kappa shape index (κ2) is 7.95. The molecule has 2 aromatic heterocycles. The highest BCUT2D eigenvalue weighted by molar-refractivity contribution is 6.33. The zero-order chi connectivity index (χ0) is 23.2. The Morgan fingerprint density at radius 2 is 1.84 bits per heavy atom. The Bertz CT molecular complexity index is 1330. The lowest BCUT2D eigenvalue weighted by atomic mass is 10.0. The van der Waals surface area contributed by atoms with E-state index in [9.17, 15) is 22.4 Å². The molecule has 164 valence electrons. The maximum atomic E-state index is 14.4. The second-order valence-electron chi connectivity index (χ2n) is 6.49. The fraction of sp³-hybridized carbons (Fsp3) is 0.0500. The second-order valence-corrected chi connectivity index (χ2v) is 7.34. The molecule has 1 amide bonds. The lowest BCUT2D eigenvalue weighted by molar-refractivity contribution is -0.142. The van der Waals surface area contributed by atoms with Gasteiger partial charge in [0.1, 0.15) is 17.1 Å². The molecule has 12 heteroatoms. The first-order valence-corrected chi connectivity index (χ1v) is 9.50. The smallest absolute Gasteiger partial charge is 0.365 e. The topological polar surface area (TPSA) is 86.9 Å². The van der Waals surface area contributed by atoms with Crippen LogP contribution in [0.4, 0.5) is 17.6 Å². The molecule has 0 aliphatic rings. The Morgan fingerprint density at radius 3 is 2.47 bits per heavy atom.